The second kappa shape index (κ2) is 6.52. The van der Waals surface area contributed by atoms with Crippen molar-refractivity contribution < 1.29 is 14.8 Å². The molecule has 2 N–H and O–H groups in total. The van der Waals surface area contributed by atoms with Gasteiger partial charge in [0.1, 0.15) is 17.7 Å². The van der Waals surface area contributed by atoms with Crippen LogP contribution in [0.2, 0.25) is 0 Å². The van der Waals surface area contributed by atoms with Gasteiger partial charge in [-0.1, -0.05) is 13.8 Å². The van der Waals surface area contributed by atoms with Gasteiger partial charge in [-0.15, -0.1) is 0 Å². The van der Waals surface area contributed by atoms with Gasteiger partial charge in [0.2, 0.25) is 0 Å². The minimum atomic E-state index is -1.02. The fourth-order valence-electron chi connectivity index (χ4n) is 1.76. The topological polar surface area (TPSA) is 116 Å². The Morgan fingerprint density at radius 2 is 2.20 bits per heavy atom. The fourth-order valence-corrected chi connectivity index (χ4v) is 1.76. The zero-order valence-corrected chi connectivity index (χ0v) is 11.2. The van der Waals surface area contributed by atoms with Crippen molar-refractivity contribution in [2.75, 3.05) is 5.32 Å². The standard InChI is InChI=1S/C13H15N3O4/c1-8(2)5-11(13(17)18)15-10-4-3-9(7-14)12(6-10)16(19)20/h3-4,6,8,11,15H,5H2,1-2H3,(H,17,18). The Morgan fingerprint density at radius 3 is 2.65 bits per heavy atom. The van der Waals surface area contributed by atoms with E-state index in [1.807, 2.05) is 13.8 Å². The molecule has 7 heteroatoms. The van der Waals surface area contributed by atoms with Crippen molar-refractivity contribution >= 4 is 17.3 Å². The van der Waals surface area contributed by atoms with Gasteiger partial charge in [-0.25, -0.2) is 4.79 Å². The molecule has 0 heterocycles. The number of nitro groups is 1. The summed E-state index contributed by atoms with van der Waals surface area (Å²) >= 11 is 0. The van der Waals surface area contributed by atoms with E-state index in [9.17, 15) is 14.9 Å². The van der Waals surface area contributed by atoms with Crippen molar-refractivity contribution in [1.82, 2.24) is 0 Å². The van der Waals surface area contributed by atoms with Gasteiger partial charge in [-0.3, -0.25) is 10.1 Å². The molecule has 1 unspecified atom stereocenters. The third kappa shape index (κ3) is 3.95. The van der Waals surface area contributed by atoms with Gasteiger partial charge >= 0.3 is 5.97 Å². The molecular formula is C13H15N3O4. The van der Waals surface area contributed by atoms with Crippen LogP contribution in [0.5, 0.6) is 0 Å². The first kappa shape index (κ1) is 15.4. The summed E-state index contributed by atoms with van der Waals surface area (Å²) in [6.45, 7) is 3.78. The number of rotatable bonds is 6. The van der Waals surface area contributed by atoms with Crippen LogP contribution in [0.4, 0.5) is 11.4 Å². The molecule has 0 aliphatic heterocycles. The lowest BCUT2D eigenvalue weighted by Crippen LogP contribution is -2.30. The summed E-state index contributed by atoms with van der Waals surface area (Å²) < 4.78 is 0. The molecule has 0 aromatic heterocycles. The minimum Gasteiger partial charge on any atom is -0.480 e. The van der Waals surface area contributed by atoms with Gasteiger partial charge in [0.05, 0.1) is 4.92 Å². The molecule has 0 bridgehead atoms. The first-order valence-corrected chi connectivity index (χ1v) is 6.03. The third-order valence-electron chi connectivity index (χ3n) is 2.66. The average molecular weight is 277 g/mol. The van der Waals surface area contributed by atoms with E-state index in [4.69, 9.17) is 10.4 Å². The SMILES string of the molecule is CC(C)CC(Nc1ccc(C#N)c([N+](=O)[O-])c1)C(=O)O. The second-order valence-corrected chi connectivity index (χ2v) is 4.77. The zero-order valence-electron chi connectivity index (χ0n) is 11.2. The summed E-state index contributed by atoms with van der Waals surface area (Å²) in [5, 5.41) is 31.5. The molecule has 7 nitrogen and oxygen atoms in total. The molecule has 0 amide bonds. The molecule has 0 aliphatic rings. The molecule has 0 saturated heterocycles. The van der Waals surface area contributed by atoms with Crippen LogP contribution in [0.15, 0.2) is 18.2 Å². The van der Waals surface area contributed by atoms with E-state index >= 15 is 0 Å². The minimum absolute atomic E-state index is 0.0590. The van der Waals surface area contributed by atoms with E-state index in [0.717, 1.165) is 0 Å². The Labute approximate surface area is 116 Å². The lowest BCUT2D eigenvalue weighted by atomic mass is 10.0. The van der Waals surface area contributed by atoms with Crippen LogP contribution < -0.4 is 5.32 Å². The molecule has 0 spiro atoms. The van der Waals surface area contributed by atoms with Gasteiger partial charge in [0.25, 0.3) is 5.69 Å². The maximum atomic E-state index is 11.1. The van der Waals surface area contributed by atoms with Crippen LogP contribution in [0.1, 0.15) is 25.8 Å². The molecule has 20 heavy (non-hydrogen) atoms. The molecule has 0 radical (unpaired) electrons. The van der Waals surface area contributed by atoms with Gasteiger partial charge < -0.3 is 10.4 Å². The number of aliphatic carboxylic acids is 1. The number of nitrogens with one attached hydrogen (secondary N) is 1. The highest BCUT2D eigenvalue weighted by atomic mass is 16.6. The number of anilines is 1. The number of carbonyl (C=O) groups is 1. The maximum absolute atomic E-state index is 11.1. The highest BCUT2D eigenvalue weighted by Crippen LogP contribution is 2.23. The summed E-state index contributed by atoms with van der Waals surface area (Å²) in [4.78, 5) is 21.3. The van der Waals surface area contributed by atoms with Crippen LogP contribution >= 0.6 is 0 Å². The Hall–Kier alpha value is -2.62. The Morgan fingerprint density at radius 1 is 1.55 bits per heavy atom. The predicted octanol–water partition coefficient (Wildman–Crippen LogP) is 2.38. The smallest absolute Gasteiger partial charge is 0.326 e. The summed E-state index contributed by atoms with van der Waals surface area (Å²) in [5.41, 5.74) is -0.0915. The third-order valence-corrected chi connectivity index (χ3v) is 2.66. The molecule has 0 aliphatic carbocycles. The number of nitriles is 1. The first-order valence-electron chi connectivity index (χ1n) is 6.03. The quantitative estimate of drug-likeness (QED) is 0.609. The molecule has 1 atom stereocenters. The predicted molar refractivity (Wildman–Crippen MR) is 72.3 cm³/mol. The Balaban J connectivity index is 3.02. The molecule has 1 aromatic carbocycles. The van der Waals surface area contributed by atoms with Crippen LogP contribution in [-0.2, 0) is 4.79 Å². The van der Waals surface area contributed by atoms with E-state index in [2.05, 4.69) is 5.32 Å². The van der Waals surface area contributed by atoms with Crippen molar-refractivity contribution in [3.05, 3.63) is 33.9 Å². The van der Waals surface area contributed by atoms with Crippen molar-refractivity contribution in [2.45, 2.75) is 26.3 Å². The summed E-state index contributed by atoms with van der Waals surface area (Å²) in [6.07, 6.45) is 0.392. The van der Waals surface area contributed by atoms with Crippen LogP contribution in [0.3, 0.4) is 0 Å². The van der Waals surface area contributed by atoms with Crippen molar-refractivity contribution in [3.63, 3.8) is 0 Å². The average Bonchev–Trinajstić information content (AvgIpc) is 2.37. The molecule has 1 rings (SSSR count). The molecule has 1 aromatic rings. The van der Waals surface area contributed by atoms with E-state index in [1.165, 1.54) is 18.2 Å². The molecule has 106 valence electrons. The van der Waals surface area contributed by atoms with E-state index < -0.39 is 16.9 Å². The van der Waals surface area contributed by atoms with E-state index in [1.54, 1.807) is 6.07 Å². The van der Waals surface area contributed by atoms with Gasteiger partial charge in [0.15, 0.2) is 0 Å². The Bertz CT molecular complexity index is 563. The number of nitrogens with zero attached hydrogens (tertiary/aromatic N) is 2. The van der Waals surface area contributed by atoms with Crippen molar-refractivity contribution in [3.8, 4) is 6.07 Å². The number of benzene rings is 1. The zero-order chi connectivity index (χ0) is 15.3. The summed E-state index contributed by atoms with van der Waals surface area (Å²) in [7, 11) is 0. The van der Waals surface area contributed by atoms with E-state index in [-0.39, 0.29) is 17.2 Å². The number of hydrogen-bond donors (Lipinski definition) is 2. The second-order valence-electron chi connectivity index (χ2n) is 4.77. The van der Waals surface area contributed by atoms with Crippen LogP contribution in [0.25, 0.3) is 0 Å². The highest BCUT2D eigenvalue weighted by molar-refractivity contribution is 5.77. The number of hydrogen-bond acceptors (Lipinski definition) is 5. The normalized spacial score (nSPS) is 11.7. The monoisotopic (exact) mass is 277 g/mol. The van der Waals surface area contributed by atoms with Crippen molar-refractivity contribution in [2.24, 2.45) is 5.92 Å². The fraction of sp³-hybridized carbons (Fsp3) is 0.385. The molecule has 0 saturated carbocycles. The van der Waals surface area contributed by atoms with Gasteiger partial charge in [-0.2, -0.15) is 5.26 Å². The Kier molecular flexibility index (Phi) is 5.03. The molecular weight excluding hydrogens is 262 g/mol. The van der Waals surface area contributed by atoms with Crippen LogP contribution in [-0.4, -0.2) is 22.0 Å². The first-order chi connectivity index (χ1) is 9.35. The van der Waals surface area contributed by atoms with E-state index in [0.29, 0.717) is 12.1 Å². The lowest BCUT2D eigenvalue weighted by Gasteiger charge is -2.17. The maximum Gasteiger partial charge on any atom is 0.326 e. The van der Waals surface area contributed by atoms with Crippen molar-refractivity contribution in [1.29, 1.82) is 5.26 Å². The number of carboxylic acid groups (broad SMARTS) is 1. The summed E-state index contributed by atoms with van der Waals surface area (Å²) in [6, 6.07) is 4.83. The lowest BCUT2D eigenvalue weighted by molar-refractivity contribution is -0.385. The van der Waals surface area contributed by atoms with Crippen LogP contribution in [0, 0.1) is 27.4 Å². The van der Waals surface area contributed by atoms with Gasteiger partial charge in [-0.05, 0) is 24.5 Å². The number of nitro benzene ring substituents is 1. The van der Waals surface area contributed by atoms with Gasteiger partial charge in [0, 0.05) is 11.8 Å². The molecule has 0 fully saturated rings. The number of carboxylic acids is 1. The largest absolute Gasteiger partial charge is 0.480 e. The summed E-state index contributed by atoms with van der Waals surface area (Å²) in [5.74, 6) is -0.859. The highest BCUT2D eigenvalue weighted by Gasteiger charge is 2.20.